The fraction of sp³-hybridized carbons (Fsp3) is 0.222. The Labute approximate surface area is 134 Å². The average molecular weight is 310 g/mol. The Bertz CT molecular complexity index is 713. The molecule has 1 heterocycles. The van der Waals surface area contributed by atoms with Crippen LogP contribution in [0.4, 0.5) is 5.69 Å². The van der Waals surface area contributed by atoms with Gasteiger partial charge in [0.2, 0.25) is 5.91 Å². The van der Waals surface area contributed by atoms with Crippen molar-refractivity contribution in [3.8, 4) is 5.75 Å². The van der Waals surface area contributed by atoms with Crippen LogP contribution < -0.4 is 15.4 Å². The van der Waals surface area contributed by atoms with Crippen molar-refractivity contribution in [2.24, 2.45) is 0 Å². The van der Waals surface area contributed by atoms with Gasteiger partial charge in [-0.15, -0.1) is 0 Å². The molecule has 0 saturated carbocycles. The van der Waals surface area contributed by atoms with Crippen LogP contribution in [0.15, 0.2) is 48.5 Å². The van der Waals surface area contributed by atoms with Gasteiger partial charge in [0.25, 0.3) is 5.91 Å². The van der Waals surface area contributed by atoms with E-state index in [1.807, 2.05) is 48.5 Å². The number of amides is 2. The largest absolute Gasteiger partial charge is 0.483 e. The highest BCUT2D eigenvalue weighted by Crippen LogP contribution is 2.30. The van der Waals surface area contributed by atoms with Gasteiger partial charge in [-0.25, -0.2) is 0 Å². The molecule has 5 heteroatoms. The quantitative estimate of drug-likeness (QED) is 0.890. The number of hydrogen-bond donors (Lipinski definition) is 2. The first-order valence-corrected chi connectivity index (χ1v) is 7.57. The molecule has 0 fully saturated rings. The lowest BCUT2D eigenvalue weighted by atomic mass is 10.0. The van der Waals surface area contributed by atoms with Crippen LogP contribution in [0.25, 0.3) is 0 Å². The predicted molar refractivity (Wildman–Crippen MR) is 87.2 cm³/mol. The van der Waals surface area contributed by atoms with E-state index in [-0.39, 0.29) is 18.4 Å². The molecule has 1 aliphatic heterocycles. The van der Waals surface area contributed by atoms with Gasteiger partial charge in [0.15, 0.2) is 6.61 Å². The summed E-state index contributed by atoms with van der Waals surface area (Å²) in [6.07, 6.45) is 1.07. The maximum atomic E-state index is 11.9. The van der Waals surface area contributed by atoms with Crippen molar-refractivity contribution in [2.75, 3.05) is 11.9 Å². The van der Waals surface area contributed by atoms with Gasteiger partial charge in [-0.1, -0.05) is 36.4 Å². The zero-order valence-corrected chi connectivity index (χ0v) is 12.7. The fourth-order valence-electron chi connectivity index (χ4n) is 2.52. The molecule has 0 saturated heterocycles. The molecule has 0 aromatic heterocycles. The van der Waals surface area contributed by atoms with Crippen molar-refractivity contribution in [3.63, 3.8) is 0 Å². The first-order chi connectivity index (χ1) is 11.2. The summed E-state index contributed by atoms with van der Waals surface area (Å²) in [5.41, 5.74) is 2.76. The van der Waals surface area contributed by atoms with Gasteiger partial charge >= 0.3 is 0 Å². The van der Waals surface area contributed by atoms with Crippen molar-refractivity contribution in [1.82, 2.24) is 5.32 Å². The number of nitrogens with one attached hydrogen (secondary N) is 2. The van der Waals surface area contributed by atoms with Crippen LogP contribution in [0.1, 0.15) is 17.5 Å². The number of benzene rings is 2. The summed E-state index contributed by atoms with van der Waals surface area (Å²) in [7, 11) is 0. The van der Waals surface area contributed by atoms with E-state index >= 15 is 0 Å². The Hall–Kier alpha value is -2.82. The zero-order chi connectivity index (χ0) is 16.1. The lowest BCUT2D eigenvalue weighted by Crippen LogP contribution is -2.28. The number of rotatable bonds is 5. The smallest absolute Gasteiger partial charge is 0.258 e. The molecule has 0 aliphatic carbocycles. The third-order valence-corrected chi connectivity index (χ3v) is 3.70. The summed E-state index contributed by atoms with van der Waals surface area (Å²) in [4.78, 5) is 23.3. The highest BCUT2D eigenvalue weighted by Gasteiger charge is 2.18. The molecule has 118 valence electrons. The maximum Gasteiger partial charge on any atom is 0.258 e. The molecule has 0 unspecified atom stereocenters. The molecular formula is C18H18N2O3. The average Bonchev–Trinajstić information content (AvgIpc) is 2.58. The molecular weight excluding hydrogens is 292 g/mol. The normalized spacial score (nSPS) is 13.0. The van der Waals surface area contributed by atoms with E-state index < -0.39 is 0 Å². The van der Waals surface area contributed by atoms with Crippen molar-refractivity contribution in [1.29, 1.82) is 0 Å². The second-order valence-corrected chi connectivity index (χ2v) is 5.38. The minimum absolute atomic E-state index is 0.00949. The predicted octanol–water partition coefficient (Wildman–Crippen LogP) is 2.27. The summed E-state index contributed by atoms with van der Waals surface area (Å²) in [5, 5.41) is 5.64. The highest BCUT2D eigenvalue weighted by atomic mass is 16.5. The second kappa shape index (κ2) is 6.96. The molecule has 2 amide bonds. The van der Waals surface area contributed by atoms with Gasteiger partial charge in [0.1, 0.15) is 5.75 Å². The van der Waals surface area contributed by atoms with Crippen LogP contribution in [-0.2, 0) is 22.6 Å². The molecule has 3 rings (SSSR count). The van der Waals surface area contributed by atoms with Crippen LogP contribution in [0.3, 0.4) is 0 Å². The Balaban J connectivity index is 1.55. The number of fused-ring (bicyclic) bond motifs is 1. The van der Waals surface area contributed by atoms with Crippen LogP contribution in [0.5, 0.6) is 5.75 Å². The van der Waals surface area contributed by atoms with Crippen LogP contribution in [0, 0.1) is 0 Å². The second-order valence-electron chi connectivity index (χ2n) is 5.38. The fourth-order valence-corrected chi connectivity index (χ4v) is 2.52. The summed E-state index contributed by atoms with van der Waals surface area (Å²) in [6, 6.07) is 15.2. The Morgan fingerprint density at radius 1 is 1.09 bits per heavy atom. The van der Waals surface area contributed by atoms with Gasteiger partial charge in [-0.3, -0.25) is 9.59 Å². The Morgan fingerprint density at radius 2 is 1.91 bits per heavy atom. The third-order valence-electron chi connectivity index (χ3n) is 3.70. The molecule has 2 N–H and O–H groups in total. The van der Waals surface area contributed by atoms with E-state index in [0.29, 0.717) is 25.1 Å². The van der Waals surface area contributed by atoms with Crippen molar-refractivity contribution in [2.45, 2.75) is 19.4 Å². The number of carbonyl (C=O) groups excluding carboxylic acids is 2. The molecule has 0 atom stereocenters. The number of ether oxygens (including phenoxy) is 1. The van der Waals surface area contributed by atoms with E-state index in [0.717, 1.165) is 16.8 Å². The summed E-state index contributed by atoms with van der Waals surface area (Å²) >= 11 is 0. The van der Waals surface area contributed by atoms with E-state index in [1.165, 1.54) is 0 Å². The molecule has 5 nitrogen and oxygen atoms in total. The van der Waals surface area contributed by atoms with E-state index in [1.54, 1.807) is 0 Å². The van der Waals surface area contributed by atoms with Crippen molar-refractivity contribution >= 4 is 17.5 Å². The first-order valence-electron chi connectivity index (χ1n) is 7.57. The molecule has 2 aromatic carbocycles. The van der Waals surface area contributed by atoms with Gasteiger partial charge in [0, 0.05) is 24.2 Å². The molecule has 0 spiro atoms. The van der Waals surface area contributed by atoms with Crippen LogP contribution in [-0.4, -0.2) is 18.4 Å². The minimum atomic E-state index is -0.175. The van der Waals surface area contributed by atoms with Crippen LogP contribution in [0.2, 0.25) is 0 Å². The number of hydrogen-bond acceptors (Lipinski definition) is 3. The number of anilines is 1. The third kappa shape index (κ3) is 3.88. The Kier molecular flexibility index (Phi) is 4.57. The van der Waals surface area contributed by atoms with Gasteiger partial charge in [-0.05, 0) is 24.1 Å². The monoisotopic (exact) mass is 310 g/mol. The minimum Gasteiger partial charge on any atom is -0.483 e. The standard InChI is InChI=1S/C18H18N2O3/c21-17-10-9-14-15(20-17)7-4-8-16(14)23-12-18(22)19-11-13-5-2-1-3-6-13/h1-8H,9-12H2,(H,19,22)(H,20,21). The van der Waals surface area contributed by atoms with Crippen molar-refractivity contribution in [3.05, 3.63) is 59.7 Å². The lowest BCUT2D eigenvalue weighted by Gasteiger charge is -2.19. The maximum absolute atomic E-state index is 11.9. The van der Waals surface area contributed by atoms with Gasteiger partial charge in [0.05, 0.1) is 0 Å². The summed E-state index contributed by atoms with van der Waals surface area (Å²) < 4.78 is 5.63. The van der Waals surface area contributed by atoms with Gasteiger partial charge in [-0.2, -0.15) is 0 Å². The lowest BCUT2D eigenvalue weighted by molar-refractivity contribution is -0.123. The van der Waals surface area contributed by atoms with Gasteiger partial charge < -0.3 is 15.4 Å². The summed E-state index contributed by atoms with van der Waals surface area (Å²) in [6.45, 7) is 0.434. The summed E-state index contributed by atoms with van der Waals surface area (Å²) in [5.74, 6) is 0.485. The molecule has 0 bridgehead atoms. The topological polar surface area (TPSA) is 67.4 Å². The molecule has 2 aromatic rings. The SMILES string of the molecule is O=C(COc1cccc2c1CCC(=O)N2)NCc1ccccc1. The van der Waals surface area contributed by atoms with Crippen molar-refractivity contribution < 1.29 is 14.3 Å². The zero-order valence-electron chi connectivity index (χ0n) is 12.7. The van der Waals surface area contributed by atoms with E-state index in [4.69, 9.17) is 4.74 Å². The van der Waals surface area contributed by atoms with E-state index in [2.05, 4.69) is 10.6 Å². The first kappa shape index (κ1) is 15.1. The van der Waals surface area contributed by atoms with E-state index in [9.17, 15) is 9.59 Å². The molecule has 1 aliphatic rings. The number of carbonyl (C=O) groups is 2. The highest BCUT2D eigenvalue weighted by molar-refractivity contribution is 5.94. The molecule has 0 radical (unpaired) electrons. The van der Waals surface area contributed by atoms with Crippen LogP contribution >= 0.6 is 0 Å². The Morgan fingerprint density at radius 3 is 2.74 bits per heavy atom. The molecule has 23 heavy (non-hydrogen) atoms.